The summed E-state index contributed by atoms with van der Waals surface area (Å²) in [6, 6.07) is 7.57. The highest BCUT2D eigenvalue weighted by Crippen LogP contribution is 2.35. The molecule has 1 N–H and O–H groups in total. The Bertz CT molecular complexity index is 1250. The number of carbonyl (C=O) groups is 4. The number of esters is 1. The minimum absolute atomic E-state index is 0.224. The Balaban J connectivity index is 2.04. The Morgan fingerprint density at radius 3 is 2.46 bits per heavy atom. The number of barbiturate groups is 1. The molecular weight excluding hydrogens is 452 g/mol. The number of amides is 4. The van der Waals surface area contributed by atoms with Crippen molar-refractivity contribution in [2.24, 2.45) is 0 Å². The molecule has 0 saturated carbocycles. The smallest absolute Gasteiger partial charge is 0.343 e. The van der Waals surface area contributed by atoms with Crippen LogP contribution in [0.2, 0.25) is 0 Å². The molecule has 9 nitrogen and oxygen atoms in total. The number of aryl methyl sites for hydroxylation is 2. The number of carbonyl (C=O) groups excluding carboxylic acids is 4. The molecule has 3 rings (SSSR count). The van der Waals surface area contributed by atoms with Gasteiger partial charge in [0.1, 0.15) is 5.57 Å². The van der Waals surface area contributed by atoms with Crippen LogP contribution in [-0.4, -0.2) is 44.6 Å². The molecule has 0 unspecified atom stereocenters. The predicted octanol–water partition coefficient (Wildman–Crippen LogP) is 3.26. The maximum absolute atomic E-state index is 13.2. The monoisotopic (exact) mass is 478 g/mol. The number of allylic oxidation sites excluding steroid dienone is 1. The first-order valence-corrected chi connectivity index (χ1v) is 10.7. The molecule has 4 amide bonds. The minimum atomic E-state index is -0.822. The highest BCUT2D eigenvalue weighted by molar-refractivity contribution is 6.39. The number of rotatable bonds is 8. The number of hydrogen-bond acceptors (Lipinski definition) is 7. The van der Waals surface area contributed by atoms with Gasteiger partial charge in [0, 0.05) is 5.56 Å². The lowest BCUT2D eigenvalue weighted by molar-refractivity contribution is -0.143. The van der Waals surface area contributed by atoms with E-state index in [1.165, 1.54) is 20.3 Å². The van der Waals surface area contributed by atoms with E-state index >= 15 is 0 Å². The first-order valence-electron chi connectivity index (χ1n) is 10.7. The quantitative estimate of drug-likeness (QED) is 0.268. The number of nitrogens with one attached hydrogen (secondary N) is 1. The third kappa shape index (κ3) is 5.40. The van der Waals surface area contributed by atoms with Crippen molar-refractivity contribution in [3.63, 3.8) is 0 Å². The van der Waals surface area contributed by atoms with Gasteiger partial charge in [-0.25, -0.2) is 14.5 Å². The van der Waals surface area contributed by atoms with E-state index in [1.54, 1.807) is 36.4 Å². The van der Waals surface area contributed by atoms with Crippen LogP contribution in [0.1, 0.15) is 22.3 Å². The number of anilines is 1. The average Bonchev–Trinajstić information content (AvgIpc) is 2.82. The molecule has 0 radical (unpaired) electrons. The first kappa shape index (κ1) is 25.2. The summed E-state index contributed by atoms with van der Waals surface area (Å²) < 4.78 is 15.6. The maximum atomic E-state index is 13.2. The van der Waals surface area contributed by atoms with E-state index in [0.29, 0.717) is 29.0 Å². The summed E-state index contributed by atoms with van der Waals surface area (Å²) in [4.78, 5) is 50.8. The summed E-state index contributed by atoms with van der Waals surface area (Å²) >= 11 is 0. The number of hydrogen-bond donors (Lipinski definition) is 1. The van der Waals surface area contributed by atoms with Crippen LogP contribution in [0, 0.1) is 13.8 Å². The van der Waals surface area contributed by atoms with E-state index in [4.69, 9.17) is 9.47 Å². The molecule has 0 aliphatic carbocycles. The molecule has 9 heteroatoms. The maximum Gasteiger partial charge on any atom is 0.343 e. The van der Waals surface area contributed by atoms with Crippen molar-refractivity contribution < 1.29 is 33.4 Å². The highest BCUT2D eigenvalue weighted by Gasteiger charge is 2.37. The van der Waals surface area contributed by atoms with Crippen LogP contribution in [0.15, 0.2) is 48.6 Å². The third-order valence-corrected chi connectivity index (χ3v) is 5.46. The van der Waals surface area contributed by atoms with E-state index in [1.807, 2.05) is 13.8 Å². The second-order valence-electron chi connectivity index (χ2n) is 7.80. The Hall–Kier alpha value is -4.40. The molecule has 0 aromatic heterocycles. The van der Waals surface area contributed by atoms with Gasteiger partial charge in [-0.2, -0.15) is 0 Å². The van der Waals surface area contributed by atoms with Crippen LogP contribution in [0.5, 0.6) is 11.5 Å². The van der Waals surface area contributed by atoms with Crippen LogP contribution in [0.25, 0.3) is 6.08 Å². The van der Waals surface area contributed by atoms with Gasteiger partial charge in [-0.15, -0.1) is 6.58 Å². The van der Waals surface area contributed by atoms with Gasteiger partial charge in [0.2, 0.25) is 0 Å². The lowest BCUT2D eigenvalue weighted by Crippen LogP contribution is -2.54. The lowest BCUT2D eigenvalue weighted by Gasteiger charge is -2.27. The number of urea groups is 1. The second kappa shape index (κ2) is 10.7. The molecule has 0 spiro atoms. The van der Waals surface area contributed by atoms with E-state index in [-0.39, 0.29) is 17.9 Å². The molecule has 2 aromatic rings. The van der Waals surface area contributed by atoms with Gasteiger partial charge in [0.05, 0.1) is 19.9 Å². The molecule has 1 fully saturated rings. The molecular formula is C26H26N2O7. The zero-order valence-electron chi connectivity index (χ0n) is 20.0. The number of benzene rings is 2. The van der Waals surface area contributed by atoms with Gasteiger partial charge < -0.3 is 14.2 Å². The number of ether oxygens (including phenoxy) is 3. The fourth-order valence-corrected chi connectivity index (χ4v) is 3.50. The summed E-state index contributed by atoms with van der Waals surface area (Å²) in [5, 5.41) is 2.22. The van der Waals surface area contributed by atoms with Crippen LogP contribution >= 0.6 is 0 Å². The van der Waals surface area contributed by atoms with E-state index in [0.717, 1.165) is 16.0 Å². The van der Waals surface area contributed by atoms with Crippen molar-refractivity contribution in [2.75, 3.05) is 25.7 Å². The van der Waals surface area contributed by atoms with Crippen LogP contribution in [-0.2, 0) is 25.5 Å². The van der Waals surface area contributed by atoms with Crippen molar-refractivity contribution >= 4 is 35.6 Å². The average molecular weight is 479 g/mol. The summed E-state index contributed by atoms with van der Waals surface area (Å²) in [7, 11) is 2.68. The standard InChI is InChI=1S/C26H26N2O7/c1-6-7-18-11-17(13-21(33-4)23(18)35-14-22(29)34-5)12-20-24(30)27-26(32)28(25(20)31)19-9-8-15(2)16(3)10-19/h6,8-13H,1,7,14H2,2-5H3,(H,27,30,32). The minimum Gasteiger partial charge on any atom is -0.493 e. The summed E-state index contributed by atoms with van der Waals surface area (Å²) in [5.41, 5.74) is 3.09. The zero-order valence-corrected chi connectivity index (χ0v) is 20.0. The third-order valence-electron chi connectivity index (χ3n) is 5.46. The van der Waals surface area contributed by atoms with Crippen molar-refractivity contribution in [3.8, 4) is 11.5 Å². The van der Waals surface area contributed by atoms with E-state index in [2.05, 4.69) is 16.6 Å². The van der Waals surface area contributed by atoms with Crippen LogP contribution < -0.4 is 19.7 Å². The molecule has 1 saturated heterocycles. The molecule has 35 heavy (non-hydrogen) atoms. The van der Waals surface area contributed by atoms with Crippen molar-refractivity contribution in [1.29, 1.82) is 0 Å². The van der Waals surface area contributed by atoms with Crippen LogP contribution in [0.3, 0.4) is 0 Å². The number of imide groups is 2. The normalized spacial score (nSPS) is 14.6. The molecule has 0 atom stereocenters. The van der Waals surface area contributed by atoms with Gasteiger partial charge in [-0.3, -0.25) is 14.9 Å². The topological polar surface area (TPSA) is 111 Å². The fourth-order valence-electron chi connectivity index (χ4n) is 3.50. The number of nitrogens with zero attached hydrogens (tertiary/aromatic N) is 1. The Labute approximate surface area is 203 Å². The van der Waals surface area contributed by atoms with E-state index in [9.17, 15) is 19.2 Å². The molecule has 1 heterocycles. The largest absolute Gasteiger partial charge is 0.493 e. The highest BCUT2D eigenvalue weighted by atomic mass is 16.6. The van der Waals surface area contributed by atoms with Gasteiger partial charge >= 0.3 is 12.0 Å². The van der Waals surface area contributed by atoms with Gasteiger partial charge in [-0.05, 0) is 67.3 Å². The van der Waals surface area contributed by atoms with Gasteiger partial charge in [0.25, 0.3) is 11.8 Å². The van der Waals surface area contributed by atoms with Gasteiger partial charge in [-0.1, -0.05) is 12.1 Å². The van der Waals surface area contributed by atoms with Gasteiger partial charge in [0.15, 0.2) is 18.1 Å². The molecule has 1 aliphatic heterocycles. The van der Waals surface area contributed by atoms with Crippen molar-refractivity contribution in [1.82, 2.24) is 5.32 Å². The van der Waals surface area contributed by atoms with Crippen molar-refractivity contribution in [3.05, 3.63) is 70.8 Å². The molecule has 2 aromatic carbocycles. The Kier molecular flexibility index (Phi) is 7.70. The number of methoxy groups -OCH3 is 2. The first-order chi connectivity index (χ1) is 16.7. The summed E-state index contributed by atoms with van der Waals surface area (Å²) in [6.07, 6.45) is 3.37. The lowest BCUT2D eigenvalue weighted by atomic mass is 10.0. The molecule has 1 aliphatic rings. The Morgan fingerprint density at radius 2 is 1.83 bits per heavy atom. The summed E-state index contributed by atoms with van der Waals surface area (Å²) in [5.74, 6) is -1.53. The molecule has 182 valence electrons. The van der Waals surface area contributed by atoms with Crippen LogP contribution in [0.4, 0.5) is 10.5 Å². The second-order valence-corrected chi connectivity index (χ2v) is 7.80. The fraction of sp³-hybridized carbons (Fsp3) is 0.231. The van der Waals surface area contributed by atoms with Crippen molar-refractivity contribution in [2.45, 2.75) is 20.3 Å². The Morgan fingerprint density at radius 1 is 1.09 bits per heavy atom. The summed E-state index contributed by atoms with van der Waals surface area (Å²) in [6.45, 7) is 7.19. The SMILES string of the molecule is C=CCc1cc(C=C2C(=O)NC(=O)N(c3ccc(C)c(C)c3)C2=O)cc(OC)c1OCC(=O)OC. The zero-order chi connectivity index (χ0) is 25.7. The molecule has 0 bridgehead atoms. The predicted molar refractivity (Wildman–Crippen MR) is 129 cm³/mol. The van der Waals surface area contributed by atoms with E-state index < -0.39 is 23.8 Å².